The van der Waals surface area contributed by atoms with Crippen molar-refractivity contribution in [1.82, 2.24) is 0 Å². The molecule has 0 saturated heterocycles. The third-order valence-corrected chi connectivity index (χ3v) is 11.5. The molecule has 4 aliphatic carbocycles. The number of ether oxygens (including phenoxy) is 2. The Bertz CT molecular complexity index is 2410. The van der Waals surface area contributed by atoms with Gasteiger partial charge in [0.15, 0.2) is 0 Å². The maximum Gasteiger partial charge on any atom is 0.335 e. The van der Waals surface area contributed by atoms with E-state index in [1.807, 2.05) is 60.7 Å². The Labute approximate surface area is 308 Å². The van der Waals surface area contributed by atoms with Crippen molar-refractivity contribution in [2.45, 2.75) is 23.0 Å². The van der Waals surface area contributed by atoms with Gasteiger partial charge in [0.25, 0.3) is 0 Å². The summed E-state index contributed by atoms with van der Waals surface area (Å²) in [5.41, 5.74) is 4.56. The topological polar surface area (TPSA) is 93.1 Å². The van der Waals surface area contributed by atoms with E-state index in [0.29, 0.717) is 33.8 Å². The Morgan fingerprint density at radius 2 is 1.13 bits per heavy atom. The molecule has 0 heterocycles. The molecule has 6 aromatic carbocycles. The van der Waals surface area contributed by atoms with Crippen LogP contribution in [-0.2, 0) is 26.2 Å². The van der Waals surface area contributed by atoms with E-state index in [9.17, 15) is 19.8 Å². The van der Waals surface area contributed by atoms with Gasteiger partial charge in [-0.05, 0) is 92.0 Å². The normalized spacial score (nSPS) is 21.2. The van der Waals surface area contributed by atoms with Crippen LogP contribution in [0, 0.1) is 5.92 Å². The van der Waals surface area contributed by atoms with Crippen LogP contribution in [0.1, 0.15) is 50.9 Å². The molecule has 0 fully saturated rings. The Hall–Kier alpha value is -5.60. The number of aliphatic hydroxyl groups is 2. The minimum Gasteiger partial charge on any atom is -0.426 e. The van der Waals surface area contributed by atoms with E-state index in [-0.39, 0.29) is 6.42 Å². The smallest absolute Gasteiger partial charge is 0.335 e. The number of hydrogen-bond acceptors (Lipinski definition) is 6. The molecule has 0 spiro atoms. The van der Waals surface area contributed by atoms with Gasteiger partial charge in [0.2, 0.25) is 0 Å². The number of hydrogen-bond donors (Lipinski definition) is 2. The van der Waals surface area contributed by atoms with E-state index < -0.39 is 34.5 Å². The highest BCUT2D eigenvalue weighted by molar-refractivity contribution is 9.10. The molecule has 3 unspecified atom stereocenters. The molecule has 3 atom stereocenters. The van der Waals surface area contributed by atoms with Crippen molar-refractivity contribution in [3.63, 3.8) is 0 Å². The van der Waals surface area contributed by atoms with Gasteiger partial charge in [-0.3, -0.25) is 4.79 Å². The molecule has 0 aliphatic heterocycles. The molecule has 254 valence electrons. The fraction of sp³-hybridized carbons (Fsp3) is 0.111. The van der Waals surface area contributed by atoms with Crippen molar-refractivity contribution in [2.24, 2.45) is 5.92 Å². The standard InChI is InChI=1S/C45H31BrO6/c1-2-41(47)51-30-20-15-27(16-21-30)44(34-11-5-3-9-32(34)33-10-4-6-12-35(33)44)28-17-22-31(23-18-28)52-42(48)40-26-43(49)36-13-7-8-14-37(36)45(40,50)38-24-19-29(46)25-39(38)43/h2-25,40,49-50H,1,26H2. The van der Waals surface area contributed by atoms with E-state index in [0.717, 1.165) is 43.9 Å². The molecule has 0 aromatic heterocycles. The Morgan fingerprint density at radius 1 is 0.635 bits per heavy atom. The second-order valence-electron chi connectivity index (χ2n) is 13.6. The average Bonchev–Trinajstić information content (AvgIpc) is 3.47. The summed E-state index contributed by atoms with van der Waals surface area (Å²) in [5.74, 6) is -1.50. The van der Waals surface area contributed by atoms with Crippen molar-refractivity contribution in [1.29, 1.82) is 0 Å². The van der Waals surface area contributed by atoms with Gasteiger partial charge in [0.1, 0.15) is 22.7 Å². The van der Waals surface area contributed by atoms with Crippen LogP contribution in [0.2, 0.25) is 0 Å². The molecular weight excluding hydrogens is 716 g/mol. The first-order chi connectivity index (χ1) is 25.2. The average molecular weight is 748 g/mol. The third-order valence-electron chi connectivity index (χ3n) is 11.0. The third kappa shape index (κ3) is 4.43. The number of fused-ring (bicyclic) bond motifs is 4. The van der Waals surface area contributed by atoms with E-state index >= 15 is 0 Å². The van der Waals surface area contributed by atoms with Gasteiger partial charge in [0, 0.05) is 17.0 Å². The Balaban J connectivity index is 1.11. The number of rotatable bonds is 6. The molecule has 0 amide bonds. The van der Waals surface area contributed by atoms with Crippen LogP contribution < -0.4 is 9.47 Å². The van der Waals surface area contributed by atoms with Crippen molar-refractivity contribution in [2.75, 3.05) is 0 Å². The van der Waals surface area contributed by atoms with Crippen LogP contribution in [0.3, 0.4) is 0 Å². The van der Waals surface area contributed by atoms with Gasteiger partial charge in [-0.1, -0.05) is 126 Å². The van der Waals surface area contributed by atoms with Crippen molar-refractivity contribution in [3.8, 4) is 22.6 Å². The Morgan fingerprint density at radius 3 is 1.71 bits per heavy atom. The van der Waals surface area contributed by atoms with Gasteiger partial charge in [-0.2, -0.15) is 0 Å². The monoisotopic (exact) mass is 746 g/mol. The van der Waals surface area contributed by atoms with Crippen LogP contribution in [0.5, 0.6) is 11.5 Å². The second kappa shape index (κ2) is 11.7. The fourth-order valence-corrected chi connectivity index (χ4v) is 9.23. The number of halogens is 1. The first-order valence-corrected chi connectivity index (χ1v) is 17.8. The van der Waals surface area contributed by atoms with Crippen LogP contribution in [0.4, 0.5) is 0 Å². The van der Waals surface area contributed by atoms with E-state index in [1.54, 1.807) is 54.6 Å². The zero-order chi connectivity index (χ0) is 35.8. The number of carbonyl (C=O) groups is 2. The number of benzene rings is 6. The van der Waals surface area contributed by atoms with Gasteiger partial charge in [0.05, 0.1) is 11.3 Å². The van der Waals surface area contributed by atoms with Crippen LogP contribution in [0.15, 0.2) is 157 Å². The summed E-state index contributed by atoms with van der Waals surface area (Å²) in [6.07, 6.45) is 1.10. The van der Waals surface area contributed by atoms with Gasteiger partial charge >= 0.3 is 11.9 Å². The summed E-state index contributed by atoms with van der Waals surface area (Å²) in [7, 11) is 0. The molecule has 10 rings (SSSR count). The highest BCUT2D eigenvalue weighted by Gasteiger charge is 2.62. The lowest BCUT2D eigenvalue weighted by Gasteiger charge is -2.53. The molecule has 6 nitrogen and oxygen atoms in total. The molecule has 6 aromatic rings. The maximum absolute atomic E-state index is 14.1. The molecule has 2 bridgehead atoms. The largest absolute Gasteiger partial charge is 0.426 e. The predicted octanol–water partition coefficient (Wildman–Crippen LogP) is 8.31. The first-order valence-electron chi connectivity index (χ1n) is 17.0. The van der Waals surface area contributed by atoms with Crippen molar-refractivity contribution >= 4 is 27.9 Å². The molecule has 0 saturated carbocycles. The van der Waals surface area contributed by atoms with Crippen molar-refractivity contribution in [3.05, 3.63) is 201 Å². The molecule has 0 radical (unpaired) electrons. The molecule has 52 heavy (non-hydrogen) atoms. The molecular formula is C45H31BrO6. The quantitative estimate of drug-likeness (QED) is 0.101. The van der Waals surface area contributed by atoms with Crippen LogP contribution in [0.25, 0.3) is 11.1 Å². The van der Waals surface area contributed by atoms with Crippen LogP contribution >= 0.6 is 15.9 Å². The van der Waals surface area contributed by atoms with E-state index in [1.165, 1.54) is 0 Å². The number of carbonyl (C=O) groups excluding carboxylic acids is 2. The Kier molecular flexibility index (Phi) is 7.28. The summed E-state index contributed by atoms with van der Waals surface area (Å²) in [6.45, 7) is 3.50. The zero-order valence-corrected chi connectivity index (χ0v) is 29.3. The lowest BCUT2D eigenvalue weighted by atomic mass is 9.54. The second-order valence-corrected chi connectivity index (χ2v) is 14.5. The summed E-state index contributed by atoms with van der Waals surface area (Å²) in [5, 5.41) is 24.7. The maximum atomic E-state index is 14.1. The number of esters is 2. The fourth-order valence-electron chi connectivity index (χ4n) is 8.86. The van der Waals surface area contributed by atoms with Gasteiger partial charge < -0.3 is 19.7 Å². The van der Waals surface area contributed by atoms with E-state index in [4.69, 9.17) is 9.47 Å². The zero-order valence-electron chi connectivity index (χ0n) is 27.8. The lowest BCUT2D eigenvalue weighted by molar-refractivity contribution is -0.157. The molecule has 7 heteroatoms. The van der Waals surface area contributed by atoms with Gasteiger partial charge in [-0.15, -0.1) is 0 Å². The molecule has 2 N–H and O–H groups in total. The predicted molar refractivity (Wildman–Crippen MR) is 200 cm³/mol. The summed E-state index contributed by atoms with van der Waals surface area (Å²) < 4.78 is 12.2. The minimum absolute atomic E-state index is 0.0321. The van der Waals surface area contributed by atoms with Crippen LogP contribution in [-0.4, -0.2) is 22.2 Å². The summed E-state index contributed by atoms with van der Waals surface area (Å²) >= 11 is 3.51. The summed E-state index contributed by atoms with van der Waals surface area (Å²) in [4.78, 5) is 26.1. The SMILES string of the molecule is C=CC(=O)Oc1ccc(C2(c3ccc(OC(=O)C4CC5(O)c6ccccc6C4(O)c4ccc(Br)cc45)cc3)c3ccccc3-c3ccccc32)cc1. The highest BCUT2D eigenvalue weighted by atomic mass is 79.9. The lowest BCUT2D eigenvalue weighted by Crippen LogP contribution is -2.57. The van der Waals surface area contributed by atoms with Crippen molar-refractivity contribution < 1.29 is 29.3 Å². The molecule has 4 aliphatic rings. The highest BCUT2D eigenvalue weighted by Crippen LogP contribution is 2.60. The minimum atomic E-state index is -1.69. The first kappa shape index (κ1) is 32.3. The van der Waals surface area contributed by atoms with E-state index in [2.05, 4.69) is 46.8 Å². The van der Waals surface area contributed by atoms with Gasteiger partial charge in [-0.25, -0.2) is 4.79 Å². The summed E-state index contributed by atoms with van der Waals surface area (Å²) in [6, 6.07) is 44.2.